The van der Waals surface area contributed by atoms with Crippen molar-refractivity contribution in [3.05, 3.63) is 63.4 Å². The van der Waals surface area contributed by atoms with Crippen molar-refractivity contribution in [3.8, 4) is 0 Å². The van der Waals surface area contributed by atoms with Crippen LogP contribution in [0.3, 0.4) is 0 Å². The lowest BCUT2D eigenvalue weighted by Crippen LogP contribution is -2.54. The lowest BCUT2D eigenvalue weighted by Gasteiger charge is -2.47. The van der Waals surface area contributed by atoms with Crippen LogP contribution in [0.15, 0.2) is 46.4 Å². The van der Waals surface area contributed by atoms with Crippen LogP contribution < -0.4 is 15.1 Å². The number of benzene rings is 2. The van der Waals surface area contributed by atoms with Crippen molar-refractivity contribution in [2.24, 2.45) is 0 Å². The number of amides is 4. The molecule has 2 aliphatic heterocycles. The zero-order valence-electron chi connectivity index (χ0n) is 19.6. The van der Waals surface area contributed by atoms with E-state index in [4.69, 9.17) is 0 Å². The van der Waals surface area contributed by atoms with Crippen molar-refractivity contribution in [2.45, 2.75) is 52.0 Å². The van der Waals surface area contributed by atoms with E-state index in [1.165, 1.54) is 12.1 Å². The maximum Gasteiger partial charge on any atom is 0.335 e. The summed E-state index contributed by atoms with van der Waals surface area (Å²) in [6.07, 6.45) is 3.06. The Morgan fingerprint density at radius 3 is 2.50 bits per heavy atom. The van der Waals surface area contributed by atoms with E-state index in [-0.39, 0.29) is 22.6 Å². The van der Waals surface area contributed by atoms with Gasteiger partial charge in [-0.2, -0.15) is 0 Å². The summed E-state index contributed by atoms with van der Waals surface area (Å²) in [5.41, 5.74) is 1.86. The van der Waals surface area contributed by atoms with Crippen LogP contribution in [0.2, 0.25) is 0 Å². The van der Waals surface area contributed by atoms with Gasteiger partial charge < -0.3 is 4.90 Å². The number of fused-ring (bicyclic) bond motifs is 1. The molecule has 2 aromatic carbocycles. The van der Waals surface area contributed by atoms with E-state index >= 15 is 4.39 Å². The van der Waals surface area contributed by atoms with Crippen LogP contribution in [-0.4, -0.2) is 29.9 Å². The second-order valence-electron chi connectivity index (χ2n) is 9.44. The Hall–Kier alpha value is -3.00. The minimum absolute atomic E-state index is 0.111. The number of nitrogens with zero attached hydrogens (tertiary/aromatic N) is 2. The van der Waals surface area contributed by atoms with E-state index < -0.39 is 23.7 Å². The lowest BCUT2D eigenvalue weighted by atomic mass is 9.79. The first-order valence-electron chi connectivity index (χ1n) is 11.3. The standard InChI is InChI=1S/C26H27BrFN3O3/c1-5-10-30-22-13-21(28)16(11-19(22)15(2)14-26(30,3)4)12-20-23(32)29-25(34)31(24(20)33)18-8-6-17(27)7-9-18/h6-9,11-13,15H,5,10,14H2,1-4H3,(H,29,32,34)/b20-12-. The maximum absolute atomic E-state index is 15.3. The molecule has 1 saturated heterocycles. The SMILES string of the molecule is CCCN1c2cc(F)c(/C=C3/C(=O)NC(=O)N(c4ccc(Br)cc4)C3=O)cc2C(C)CC1(C)C. The Labute approximate surface area is 206 Å². The first-order chi connectivity index (χ1) is 16.0. The zero-order valence-corrected chi connectivity index (χ0v) is 21.2. The van der Waals surface area contributed by atoms with Gasteiger partial charge in [-0.1, -0.05) is 29.8 Å². The highest BCUT2D eigenvalue weighted by atomic mass is 79.9. The molecule has 4 amide bonds. The predicted molar refractivity (Wildman–Crippen MR) is 134 cm³/mol. The molecule has 34 heavy (non-hydrogen) atoms. The molecule has 0 bridgehead atoms. The summed E-state index contributed by atoms with van der Waals surface area (Å²) in [5.74, 6) is -1.99. The van der Waals surface area contributed by atoms with Crippen LogP contribution in [0.5, 0.6) is 0 Å². The summed E-state index contributed by atoms with van der Waals surface area (Å²) in [4.78, 5) is 41.2. The summed E-state index contributed by atoms with van der Waals surface area (Å²) in [6, 6.07) is 8.92. The van der Waals surface area contributed by atoms with Crippen LogP contribution in [0.4, 0.5) is 20.6 Å². The van der Waals surface area contributed by atoms with Crippen LogP contribution >= 0.6 is 15.9 Å². The average Bonchev–Trinajstić information content (AvgIpc) is 2.75. The summed E-state index contributed by atoms with van der Waals surface area (Å²) >= 11 is 3.31. The number of hydrogen-bond acceptors (Lipinski definition) is 4. The van der Waals surface area contributed by atoms with Crippen molar-refractivity contribution in [2.75, 3.05) is 16.3 Å². The molecule has 2 heterocycles. The highest BCUT2D eigenvalue weighted by Gasteiger charge is 2.38. The van der Waals surface area contributed by atoms with Crippen LogP contribution in [0, 0.1) is 5.82 Å². The minimum Gasteiger partial charge on any atom is -0.366 e. The maximum atomic E-state index is 15.3. The lowest BCUT2D eigenvalue weighted by molar-refractivity contribution is -0.122. The number of carbonyl (C=O) groups excluding carboxylic acids is 3. The highest BCUT2D eigenvalue weighted by Crippen LogP contribution is 2.44. The first-order valence-corrected chi connectivity index (χ1v) is 12.1. The van der Waals surface area contributed by atoms with Gasteiger partial charge in [0.2, 0.25) is 0 Å². The Morgan fingerprint density at radius 1 is 1.18 bits per heavy atom. The monoisotopic (exact) mass is 527 g/mol. The molecule has 1 unspecified atom stereocenters. The molecule has 8 heteroatoms. The van der Waals surface area contributed by atoms with Gasteiger partial charge in [0.25, 0.3) is 11.8 Å². The molecule has 4 rings (SSSR count). The Morgan fingerprint density at radius 2 is 1.85 bits per heavy atom. The van der Waals surface area contributed by atoms with E-state index in [1.807, 2.05) is 0 Å². The second-order valence-corrected chi connectivity index (χ2v) is 10.4. The summed E-state index contributed by atoms with van der Waals surface area (Å²) in [7, 11) is 0. The molecule has 178 valence electrons. The third-order valence-electron chi connectivity index (χ3n) is 6.44. The topological polar surface area (TPSA) is 69.7 Å². The largest absolute Gasteiger partial charge is 0.366 e. The molecule has 2 aliphatic rings. The van der Waals surface area contributed by atoms with E-state index in [9.17, 15) is 14.4 Å². The number of nitrogens with one attached hydrogen (secondary N) is 1. The fourth-order valence-corrected chi connectivity index (χ4v) is 5.18. The number of rotatable bonds is 4. The number of hydrogen-bond donors (Lipinski definition) is 1. The number of halogens is 2. The Balaban J connectivity index is 1.77. The van der Waals surface area contributed by atoms with E-state index in [0.717, 1.165) is 40.0 Å². The van der Waals surface area contributed by atoms with Crippen LogP contribution in [0.1, 0.15) is 57.6 Å². The smallest absolute Gasteiger partial charge is 0.335 e. The van der Waals surface area contributed by atoms with E-state index in [1.54, 1.807) is 30.3 Å². The predicted octanol–water partition coefficient (Wildman–Crippen LogP) is 5.76. The van der Waals surface area contributed by atoms with E-state index in [2.05, 4.69) is 53.8 Å². The van der Waals surface area contributed by atoms with Crippen molar-refractivity contribution in [1.29, 1.82) is 0 Å². The molecule has 6 nitrogen and oxygen atoms in total. The quantitative estimate of drug-likeness (QED) is 0.405. The minimum atomic E-state index is -0.845. The third kappa shape index (κ3) is 4.27. The number of barbiturate groups is 1. The Bertz CT molecular complexity index is 1210. The molecule has 1 atom stereocenters. The zero-order chi connectivity index (χ0) is 24.8. The van der Waals surface area contributed by atoms with Gasteiger partial charge in [0, 0.05) is 27.8 Å². The molecular formula is C26H27BrFN3O3. The number of carbonyl (C=O) groups is 3. The number of anilines is 2. The molecule has 0 spiro atoms. The first kappa shape index (κ1) is 24.1. The van der Waals surface area contributed by atoms with Gasteiger partial charge in [-0.15, -0.1) is 0 Å². The van der Waals surface area contributed by atoms with Gasteiger partial charge in [-0.05, 0) is 80.6 Å². The van der Waals surface area contributed by atoms with Crippen molar-refractivity contribution >= 4 is 51.2 Å². The van der Waals surface area contributed by atoms with E-state index in [0.29, 0.717) is 5.69 Å². The fraction of sp³-hybridized carbons (Fsp3) is 0.346. The number of urea groups is 1. The van der Waals surface area contributed by atoms with Gasteiger partial charge in [0.05, 0.1) is 5.69 Å². The normalized spacial score (nSPS) is 21.1. The average molecular weight is 528 g/mol. The van der Waals surface area contributed by atoms with Crippen molar-refractivity contribution in [3.63, 3.8) is 0 Å². The van der Waals surface area contributed by atoms with Crippen molar-refractivity contribution < 1.29 is 18.8 Å². The van der Waals surface area contributed by atoms with Gasteiger partial charge in [-0.3, -0.25) is 14.9 Å². The third-order valence-corrected chi connectivity index (χ3v) is 6.97. The Kier molecular flexibility index (Phi) is 6.38. The number of imide groups is 2. The molecule has 0 radical (unpaired) electrons. The second kappa shape index (κ2) is 8.98. The van der Waals surface area contributed by atoms with Gasteiger partial charge >= 0.3 is 6.03 Å². The van der Waals surface area contributed by atoms with Gasteiger partial charge in [-0.25, -0.2) is 14.1 Å². The summed E-state index contributed by atoms with van der Waals surface area (Å²) in [6.45, 7) is 9.32. The molecular weight excluding hydrogens is 501 g/mol. The van der Waals surface area contributed by atoms with Crippen LogP contribution in [-0.2, 0) is 9.59 Å². The molecule has 0 aliphatic carbocycles. The summed E-state index contributed by atoms with van der Waals surface area (Å²) in [5, 5.41) is 2.18. The van der Waals surface area contributed by atoms with Crippen LogP contribution in [0.25, 0.3) is 6.08 Å². The molecule has 2 aromatic rings. The summed E-state index contributed by atoms with van der Waals surface area (Å²) < 4.78 is 16.1. The fourth-order valence-electron chi connectivity index (χ4n) is 4.92. The van der Waals surface area contributed by atoms with Crippen molar-refractivity contribution in [1.82, 2.24) is 5.32 Å². The molecule has 1 N–H and O–H groups in total. The molecule has 0 aromatic heterocycles. The molecule has 0 saturated carbocycles. The molecule has 1 fully saturated rings. The van der Waals surface area contributed by atoms with Gasteiger partial charge in [0.1, 0.15) is 11.4 Å². The van der Waals surface area contributed by atoms with Gasteiger partial charge in [0.15, 0.2) is 0 Å². The highest BCUT2D eigenvalue weighted by molar-refractivity contribution is 9.10.